The highest BCUT2D eigenvalue weighted by Gasteiger charge is 2.32. The molecule has 0 heterocycles. The van der Waals surface area contributed by atoms with E-state index in [1.165, 1.54) is 19.3 Å². The van der Waals surface area contributed by atoms with Crippen LogP contribution in [-0.4, -0.2) is 42.6 Å². The minimum atomic E-state index is -1.28. The maximum atomic E-state index is 12.4. The zero-order chi connectivity index (χ0) is 29.4. The third kappa shape index (κ3) is 13.8. The SMILES string of the molecule is CCCCCCCCOc1c(O)c(C(=O)O)c(OCCCCCC)c(OCCCCCC)c1OCCCCCC. The van der Waals surface area contributed by atoms with E-state index in [1.807, 2.05) is 0 Å². The van der Waals surface area contributed by atoms with Gasteiger partial charge in [-0.15, -0.1) is 0 Å². The number of carbonyl (C=O) groups is 1. The number of carboxylic acids is 1. The highest BCUT2D eigenvalue weighted by Crippen LogP contribution is 2.53. The number of ether oxygens (including phenoxy) is 4. The van der Waals surface area contributed by atoms with Crippen molar-refractivity contribution >= 4 is 5.97 Å². The molecule has 0 aromatic heterocycles. The fourth-order valence-corrected chi connectivity index (χ4v) is 4.55. The van der Waals surface area contributed by atoms with Crippen LogP contribution in [0.2, 0.25) is 0 Å². The van der Waals surface area contributed by atoms with Crippen molar-refractivity contribution in [2.45, 2.75) is 143 Å². The summed E-state index contributed by atoms with van der Waals surface area (Å²) in [4.78, 5) is 12.4. The quantitative estimate of drug-likeness (QED) is 0.102. The second-order valence-electron chi connectivity index (χ2n) is 10.7. The highest BCUT2D eigenvalue weighted by molar-refractivity contribution is 5.97. The molecule has 0 spiro atoms. The van der Waals surface area contributed by atoms with Crippen LogP contribution in [0.15, 0.2) is 0 Å². The smallest absolute Gasteiger partial charge is 0.343 e. The summed E-state index contributed by atoms with van der Waals surface area (Å²) in [5, 5.41) is 21.4. The Labute approximate surface area is 243 Å². The number of hydrogen-bond donors (Lipinski definition) is 2. The molecule has 0 fully saturated rings. The average molecular weight is 567 g/mol. The molecule has 1 rings (SSSR count). The Morgan fingerprint density at radius 2 is 0.775 bits per heavy atom. The van der Waals surface area contributed by atoms with Crippen LogP contribution >= 0.6 is 0 Å². The first-order chi connectivity index (χ1) is 19.5. The Balaban J connectivity index is 3.34. The molecular formula is C33H58O7. The van der Waals surface area contributed by atoms with Crippen molar-refractivity contribution in [3.8, 4) is 28.7 Å². The third-order valence-electron chi connectivity index (χ3n) is 6.99. The van der Waals surface area contributed by atoms with Crippen molar-refractivity contribution in [1.82, 2.24) is 0 Å². The molecule has 0 aliphatic carbocycles. The number of benzene rings is 1. The number of unbranched alkanes of at least 4 members (excludes halogenated alkanes) is 14. The van der Waals surface area contributed by atoms with Gasteiger partial charge in [-0.3, -0.25) is 0 Å². The lowest BCUT2D eigenvalue weighted by Gasteiger charge is -2.23. The predicted octanol–water partition coefficient (Wildman–Crippen LogP) is 9.71. The van der Waals surface area contributed by atoms with Gasteiger partial charge >= 0.3 is 5.97 Å². The van der Waals surface area contributed by atoms with E-state index in [0.29, 0.717) is 26.4 Å². The zero-order valence-corrected chi connectivity index (χ0v) is 26.0. The summed E-state index contributed by atoms with van der Waals surface area (Å²) in [6.45, 7) is 10.2. The number of carboxylic acid groups (broad SMARTS) is 1. The lowest BCUT2D eigenvalue weighted by atomic mass is 10.1. The molecule has 0 radical (unpaired) electrons. The van der Waals surface area contributed by atoms with Crippen LogP contribution in [0, 0.1) is 0 Å². The van der Waals surface area contributed by atoms with Gasteiger partial charge in [0, 0.05) is 0 Å². The Bertz CT molecular complexity index is 794. The van der Waals surface area contributed by atoms with Crippen molar-refractivity contribution < 1.29 is 34.0 Å². The Kier molecular flexibility index (Phi) is 20.9. The van der Waals surface area contributed by atoms with Gasteiger partial charge in [0.1, 0.15) is 0 Å². The van der Waals surface area contributed by atoms with Crippen LogP contribution in [0.1, 0.15) is 154 Å². The van der Waals surface area contributed by atoms with Gasteiger partial charge in [-0.2, -0.15) is 0 Å². The van der Waals surface area contributed by atoms with Crippen molar-refractivity contribution in [1.29, 1.82) is 0 Å². The van der Waals surface area contributed by atoms with Gasteiger partial charge < -0.3 is 29.2 Å². The molecule has 0 saturated carbocycles. The Morgan fingerprint density at radius 1 is 0.475 bits per heavy atom. The summed E-state index contributed by atoms with van der Waals surface area (Å²) < 4.78 is 24.6. The summed E-state index contributed by atoms with van der Waals surface area (Å²) in [6, 6.07) is 0. The third-order valence-corrected chi connectivity index (χ3v) is 6.99. The minimum Gasteiger partial charge on any atom is -0.503 e. The molecule has 40 heavy (non-hydrogen) atoms. The monoisotopic (exact) mass is 566 g/mol. The molecule has 1 aromatic rings. The lowest BCUT2D eigenvalue weighted by Crippen LogP contribution is -2.13. The fraction of sp³-hybridized carbons (Fsp3) is 0.788. The maximum absolute atomic E-state index is 12.4. The molecule has 0 bridgehead atoms. The fourth-order valence-electron chi connectivity index (χ4n) is 4.55. The molecule has 0 atom stereocenters. The van der Waals surface area contributed by atoms with Gasteiger partial charge in [-0.05, 0) is 25.7 Å². The standard InChI is InChI=1S/C33H58O7/c1-5-9-13-17-18-22-24-38-30-28(34)27(33(35)36)29(37-23-19-14-10-6-2)31(39-25-20-15-11-7-3)32(30)40-26-21-16-12-8-4/h34H,5-26H2,1-4H3,(H,35,36). The van der Waals surface area contributed by atoms with Crippen LogP contribution in [0.4, 0.5) is 0 Å². The molecule has 2 N–H and O–H groups in total. The first kappa shape index (κ1) is 35.7. The van der Waals surface area contributed by atoms with Crippen LogP contribution in [0.3, 0.4) is 0 Å². The first-order valence-corrected chi connectivity index (χ1v) is 16.2. The van der Waals surface area contributed by atoms with Crippen molar-refractivity contribution in [3.05, 3.63) is 5.56 Å². The molecular weight excluding hydrogens is 508 g/mol. The normalized spacial score (nSPS) is 11.0. The van der Waals surface area contributed by atoms with Gasteiger partial charge in [-0.1, -0.05) is 118 Å². The summed E-state index contributed by atoms with van der Waals surface area (Å²) in [7, 11) is 0. The van der Waals surface area contributed by atoms with Crippen LogP contribution in [-0.2, 0) is 0 Å². The number of aromatic hydroxyl groups is 1. The van der Waals surface area contributed by atoms with E-state index in [-0.39, 0.29) is 28.6 Å². The average Bonchev–Trinajstić information content (AvgIpc) is 2.94. The number of phenols is 1. The molecule has 0 aliphatic heterocycles. The summed E-state index contributed by atoms with van der Waals surface area (Å²) >= 11 is 0. The predicted molar refractivity (Wildman–Crippen MR) is 163 cm³/mol. The van der Waals surface area contributed by atoms with E-state index < -0.39 is 11.7 Å². The molecule has 1 aromatic carbocycles. The van der Waals surface area contributed by atoms with Gasteiger partial charge in [-0.25, -0.2) is 4.79 Å². The van der Waals surface area contributed by atoms with Crippen LogP contribution in [0.5, 0.6) is 28.7 Å². The molecule has 0 amide bonds. The minimum absolute atomic E-state index is 0.0347. The van der Waals surface area contributed by atoms with Gasteiger partial charge in [0.25, 0.3) is 0 Å². The van der Waals surface area contributed by atoms with E-state index in [1.54, 1.807) is 0 Å². The maximum Gasteiger partial charge on any atom is 0.343 e. The van der Waals surface area contributed by atoms with Crippen molar-refractivity contribution in [3.63, 3.8) is 0 Å². The second kappa shape index (κ2) is 23.4. The Morgan fingerprint density at radius 3 is 1.18 bits per heavy atom. The van der Waals surface area contributed by atoms with Crippen LogP contribution in [0.25, 0.3) is 0 Å². The second-order valence-corrected chi connectivity index (χ2v) is 10.7. The molecule has 0 saturated heterocycles. The molecule has 7 heteroatoms. The zero-order valence-electron chi connectivity index (χ0n) is 26.0. The highest BCUT2D eigenvalue weighted by atomic mass is 16.6. The van der Waals surface area contributed by atoms with E-state index in [9.17, 15) is 15.0 Å². The van der Waals surface area contributed by atoms with E-state index >= 15 is 0 Å². The number of rotatable bonds is 27. The van der Waals surface area contributed by atoms with E-state index in [0.717, 1.165) is 96.3 Å². The number of hydrogen-bond acceptors (Lipinski definition) is 6. The Hall–Kier alpha value is -2.31. The van der Waals surface area contributed by atoms with Crippen molar-refractivity contribution in [2.24, 2.45) is 0 Å². The molecule has 0 aliphatic rings. The van der Waals surface area contributed by atoms with Gasteiger partial charge in [0.05, 0.1) is 26.4 Å². The first-order valence-electron chi connectivity index (χ1n) is 16.2. The van der Waals surface area contributed by atoms with Crippen molar-refractivity contribution in [2.75, 3.05) is 26.4 Å². The molecule has 0 unspecified atom stereocenters. The summed E-state index contributed by atoms with van der Waals surface area (Å²) in [6.07, 6.45) is 18.6. The molecule has 232 valence electrons. The lowest BCUT2D eigenvalue weighted by molar-refractivity contribution is 0.0685. The van der Waals surface area contributed by atoms with E-state index in [2.05, 4.69) is 27.7 Å². The largest absolute Gasteiger partial charge is 0.503 e. The van der Waals surface area contributed by atoms with E-state index in [4.69, 9.17) is 18.9 Å². The summed E-state index contributed by atoms with van der Waals surface area (Å²) in [5.41, 5.74) is -0.324. The molecule has 7 nitrogen and oxygen atoms in total. The van der Waals surface area contributed by atoms with Gasteiger partial charge in [0.2, 0.25) is 17.2 Å². The van der Waals surface area contributed by atoms with Crippen LogP contribution < -0.4 is 18.9 Å². The van der Waals surface area contributed by atoms with Gasteiger partial charge in [0.15, 0.2) is 17.1 Å². The summed E-state index contributed by atoms with van der Waals surface area (Å²) in [5.74, 6) is -1.17. The topological polar surface area (TPSA) is 94.5 Å². The number of aromatic carboxylic acids is 1.